The molecule has 3 heteroatoms. The van der Waals surface area contributed by atoms with Crippen molar-refractivity contribution in [3.8, 4) is 0 Å². The predicted octanol–water partition coefficient (Wildman–Crippen LogP) is 4.61. The van der Waals surface area contributed by atoms with Gasteiger partial charge in [-0.25, -0.2) is 0 Å². The number of halogens is 1. The van der Waals surface area contributed by atoms with Crippen molar-refractivity contribution in [1.82, 2.24) is 5.32 Å². The van der Waals surface area contributed by atoms with Gasteiger partial charge in [0, 0.05) is 24.0 Å². The first-order valence-electron chi connectivity index (χ1n) is 6.40. The maximum Gasteiger partial charge on any atom is 0.199 e. The average molecular weight is 266 g/mol. The lowest BCUT2D eigenvalue weighted by Gasteiger charge is -2.22. The van der Waals surface area contributed by atoms with Crippen LogP contribution in [-0.4, -0.2) is 6.54 Å². The van der Waals surface area contributed by atoms with Gasteiger partial charge in [-0.2, -0.15) is 0 Å². The normalized spacial score (nSPS) is 12.2. The minimum Gasteiger partial charge on any atom is -0.444 e. The Morgan fingerprint density at radius 1 is 1.28 bits per heavy atom. The van der Waals surface area contributed by atoms with Gasteiger partial charge in [0.2, 0.25) is 0 Å². The molecule has 1 aromatic heterocycles. The summed E-state index contributed by atoms with van der Waals surface area (Å²) < 4.78 is 5.53. The molecule has 0 radical (unpaired) electrons. The Hall–Kier alpha value is -0.990. The highest BCUT2D eigenvalue weighted by Crippen LogP contribution is 2.29. The lowest BCUT2D eigenvalue weighted by atomic mass is 9.90. The van der Waals surface area contributed by atoms with Gasteiger partial charge in [-0.15, -0.1) is 0 Å². The van der Waals surface area contributed by atoms with Crippen LogP contribution in [0, 0.1) is 5.41 Å². The standard InChI is InChI=1S/C15H20ClNO/c1-4-15(2,3)10-17-9-12-11-7-5-6-8-13(11)18-14(12)16/h5-8,17H,4,9-10H2,1-3H3. The van der Waals surface area contributed by atoms with Crippen molar-refractivity contribution < 1.29 is 4.42 Å². The molecule has 0 aliphatic rings. The molecule has 1 aromatic carbocycles. The lowest BCUT2D eigenvalue weighted by Crippen LogP contribution is -2.28. The molecule has 0 atom stereocenters. The predicted molar refractivity (Wildman–Crippen MR) is 77.0 cm³/mol. The summed E-state index contributed by atoms with van der Waals surface area (Å²) >= 11 is 6.14. The number of rotatable bonds is 5. The zero-order valence-electron chi connectivity index (χ0n) is 11.2. The van der Waals surface area contributed by atoms with E-state index >= 15 is 0 Å². The zero-order valence-corrected chi connectivity index (χ0v) is 12.0. The third-order valence-corrected chi connectivity index (χ3v) is 3.82. The Morgan fingerprint density at radius 3 is 2.72 bits per heavy atom. The molecule has 2 nitrogen and oxygen atoms in total. The van der Waals surface area contributed by atoms with Gasteiger partial charge in [0.15, 0.2) is 5.22 Å². The summed E-state index contributed by atoms with van der Waals surface area (Å²) in [6, 6.07) is 7.96. The van der Waals surface area contributed by atoms with Crippen molar-refractivity contribution >= 4 is 22.6 Å². The van der Waals surface area contributed by atoms with Crippen LogP contribution in [0.4, 0.5) is 0 Å². The maximum absolute atomic E-state index is 6.14. The fourth-order valence-electron chi connectivity index (χ4n) is 1.88. The highest BCUT2D eigenvalue weighted by molar-refractivity contribution is 6.30. The van der Waals surface area contributed by atoms with E-state index in [4.69, 9.17) is 16.0 Å². The molecule has 98 valence electrons. The SMILES string of the molecule is CCC(C)(C)CNCc1c(Cl)oc2ccccc12. The van der Waals surface area contributed by atoms with E-state index in [9.17, 15) is 0 Å². The Balaban J connectivity index is 2.10. The molecule has 0 amide bonds. The minimum absolute atomic E-state index is 0.312. The quantitative estimate of drug-likeness (QED) is 0.854. The molecule has 0 fully saturated rings. The van der Waals surface area contributed by atoms with Gasteiger partial charge in [-0.05, 0) is 29.5 Å². The fourth-order valence-corrected chi connectivity index (χ4v) is 2.14. The smallest absolute Gasteiger partial charge is 0.199 e. The zero-order chi connectivity index (χ0) is 13.2. The van der Waals surface area contributed by atoms with E-state index in [1.165, 1.54) is 0 Å². The molecule has 0 saturated heterocycles. The number of para-hydroxylation sites is 1. The molecule has 18 heavy (non-hydrogen) atoms. The van der Waals surface area contributed by atoms with Crippen LogP contribution in [0.5, 0.6) is 0 Å². The molecule has 0 saturated carbocycles. The van der Waals surface area contributed by atoms with Crippen molar-refractivity contribution in [2.24, 2.45) is 5.41 Å². The highest BCUT2D eigenvalue weighted by atomic mass is 35.5. The van der Waals surface area contributed by atoms with Gasteiger partial charge >= 0.3 is 0 Å². The minimum atomic E-state index is 0.312. The Morgan fingerprint density at radius 2 is 2.00 bits per heavy atom. The summed E-state index contributed by atoms with van der Waals surface area (Å²) in [6.45, 7) is 8.45. The molecule has 0 bridgehead atoms. The first-order chi connectivity index (χ1) is 8.53. The third kappa shape index (κ3) is 2.88. The maximum atomic E-state index is 6.14. The van der Waals surface area contributed by atoms with Crippen molar-refractivity contribution in [2.75, 3.05) is 6.54 Å². The number of hydrogen-bond donors (Lipinski definition) is 1. The second kappa shape index (κ2) is 5.33. The van der Waals surface area contributed by atoms with Crippen molar-refractivity contribution in [3.05, 3.63) is 35.0 Å². The van der Waals surface area contributed by atoms with Crippen molar-refractivity contribution in [1.29, 1.82) is 0 Å². The molecule has 1 heterocycles. The first-order valence-corrected chi connectivity index (χ1v) is 6.78. The van der Waals surface area contributed by atoms with Crippen LogP contribution in [0.3, 0.4) is 0 Å². The van der Waals surface area contributed by atoms with E-state index in [1.54, 1.807) is 0 Å². The van der Waals surface area contributed by atoms with Gasteiger partial charge in [-0.1, -0.05) is 39.0 Å². The van der Waals surface area contributed by atoms with Crippen LogP contribution in [-0.2, 0) is 6.54 Å². The monoisotopic (exact) mass is 265 g/mol. The van der Waals surface area contributed by atoms with E-state index < -0.39 is 0 Å². The molecule has 1 N–H and O–H groups in total. The summed E-state index contributed by atoms with van der Waals surface area (Å²) in [7, 11) is 0. The number of fused-ring (bicyclic) bond motifs is 1. The molecule has 0 aliphatic carbocycles. The van der Waals surface area contributed by atoms with E-state index in [0.29, 0.717) is 10.6 Å². The number of furan rings is 1. The number of benzene rings is 1. The van der Waals surface area contributed by atoms with Gasteiger partial charge in [0.1, 0.15) is 5.58 Å². The van der Waals surface area contributed by atoms with Crippen LogP contribution in [0.25, 0.3) is 11.0 Å². The van der Waals surface area contributed by atoms with Gasteiger partial charge in [0.25, 0.3) is 0 Å². The van der Waals surface area contributed by atoms with E-state index in [2.05, 4.69) is 26.1 Å². The van der Waals surface area contributed by atoms with Crippen molar-refractivity contribution in [3.63, 3.8) is 0 Å². The van der Waals surface area contributed by atoms with Gasteiger partial charge in [0.05, 0.1) is 0 Å². The average Bonchev–Trinajstić information content (AvgIpc) is 2.66. The number of nitrogens with one attached hydrogen (secondary N) is 1. The molecular formula is C15H20ClNO. The molecule has 0 aliphatic heterocycles. The second-order valence-electron chi connectivity index (χ2n) is 5.47. The Bertz CT molecular complexity index is 530. The molecule has 0 unspecified atom stereocenters. The summed E-state index contributed by atoms with van der Waals surface area (Å²) in [5.74, 6) is 0. The van der Waals surface area contributed by atoms with Crippen LogP contribution >= 0.6 is 11.6 Å². The largest absolute Gasteiger partial charge is 0.444 e. The Kier molecular flexibility index (Phi) is 3.98. The molecule has 0 spiro atoms. The second-order valence-corrected chi connectivity index (χ2v) is 5.82. The van der Waals surface area contributed by atoms with Crippen LogP contribution in [0.2, 0.25) is 5.22 Å². The fraction of sp³-hybridized carbons (Fsp3) is 0.467. The van der Waals surface area contributed by atoms with Crippen LogP contribution in [0.15, 0.2) is 28.7 Å². The summed E-state index contributed by atoms with van der Waals surface area (Å²) in [4.78, 5) is 0. The van der Waals surface area contributed by atoms with E-state index in [-0.39, 0.29) is 0 Å². The first kappa shape index (κ1) is 13.4. The molecular weight excluding hydrogens is 246 g/mol. The van der Waals surface area contributed by atoms with Crippen LogP contribution < -0.4 is 5.32 Å². The molecule has 2 aromatic rings. The summed E-state index contributed by atoms with van der Waals surface area (Å²) in [6.07, 6.45) is 1.15. The van der Waals surface area contributed by atoms with Crippen LogP contribution in [0.1, 0.15) is 32.8 Å². The van der Waals surface area contributed by atoms with Gasteiger partial charge in [-0.3, -0.25) is 0 Å². The van der Waals surface area contributed by atoms with Crippen molar-refractivity contribution in [2.45, 2.75) is 33.7 Å². The third-order valence-electron chi connectivity index (χ3n) is 3.51. The highest BCUT2D eigenvalue weighted by Gasteiger charge is 2.16. The molecule has 2 rings (SSSR count). The lowest BCUT2D eigenvalue weighted by molar-refractivity contribution is 0.327. The Labute approximate surface area is 113 Å². The van der Waals surface area contributed by atoms with E-state index in [0.717, 1.165) is 36.0 Å². The van der Waals surface area contributed by atoms with E-state index in [1.807, 2.05) is 24.3 Å². The number of hydrogen-bond acceptors (Lipinski definition) is 2. The summed E-state index contributed by atoms with van der Waals surface area (Å²) in [5, 5.41) is 5.07. The summed E-state index contributed by atoms with van der Waals surface area (Å²) in [5.41, 5.74) is 2.22. The van der Waals surface area contributed by atoms with Gasteiger partial charge < -0.3 is 9.73 Å². The topological polar surface area (TPSA) is 25.2 Å².